The van der Waals surface area contributed by atoms with Gasteiger partial charge in [-0.1, -0.05) is 6.92 Å². The van der Waals surface area contributed by atoms with Gasteiger partial charge in [-0.05, 0) is 45.1 Å². The van der Waals surface area contributed by atoms with Crippen molar-refractivity contribution in [2.45, 2.75) is 64.3 Å². The quantitative estimate of drug-likeness (QED) is 0.690. The molecule has 0 radical (unpaired) electrons. The molecule has 2 unspecified atom stereocenters. The molecule has 108 valence electrons. The Balaban J connectivity index is 2.50. The fraction of sp³-hybridized carbons (Fsp3) is 1.00. The van der Waals surface area contributed by atoms with E-state index < -0.39 is 12.6 Å². The second kappa shape index (κ2) is 7.34. The van der Waals surface area contributed by atoms with E-state index >= 15 is 0 Å². The first-order valence-corrected chi connectivity index (χ1v) is 6.89. The summed E-state index contributed by atoms with van der Waals surface area (Å²) in [5.41, 5.74) is 0. The summed E-state index contributed by atoms with van der Waals surface area (Å²) in [5.74, 6) is 0.451. The third-order valence-corrected chi connectivity index (χ3v) is 3.24. The fourth-order valence-corrected chi connectivity index (χ4v) is 2.23. The van der Waals surface area contributed by atoms with Crippen LogP contribution in [0.1, 0.15) is 46.0 Å². The lowest BCUT2D eigenvalue weighted by Crippen LogP contribution is -2.43. The Morgan fingerprint density at radius 1 is 1.28 bits per heavy atom. The molecule has 0 aromatic rings. The number of alkyl halides is 3. The molecule has 0 aromatic heterocycles. The minimum atomic E-state index is -4.08. The van der Waals surface area contributed by atoms with E-state index in [1.807, 2.05) is 13.8 Å². The molecule has 5 heteroatoms. The van der Waals surface area contributed by atoms with E-state index in [0.717, 1.165) is 25.8 Å². The number of ether oxygens (including phenoxy) is 1. The average molecular weight is 267 g/mol. The maximum Gasteiger partial charge on any atom is 0.389 e. The van der Waals surface area contributed by atoms with E-state index in [1.165, 1.54) is 0 Å². The maximum atomic E-state index is 12.3. The summed E-state index contributed by atoms with van der Waals surface area (Å²) in [5, 5.41) is 3.22. The molecule has 1 aliphatic rings. The summed E-state index contributed by atoms with van der Waals surface area (Å²) in [4.78, 5) is 0. The Kier molecular flexibility index (Phi) is 6.43. The van der Waals surface area contributed by atoms with Crippen LogP contribution in [0.3, 0.4) is 0 Å². The highest BCUT2D eigenvalue weighted by atomic mass is 19.4. The van der Waals surface area contributed by atoms with Crippen molar-refractivity contribution in [1.29, 1.82) is 0 Å². The van der Waals surface area contributed by atoms with E-state index in [0.29, 0.717) is 12.5 Å². The van der Waals surface area contributed by atoms with Crippen molar-refractivity contribution >= 4 is 0 Å². The summed E-state index contributed by atoms with van der Waals surface area (Å²) in [6.45, 7) is 5.23. The van der Waals surface area contributed by atoms with Crippen molar-refractivity contribution in [3.8, 4) is 0 Å². The molecule has 2 nitrogen and oxygen atoms in total. The van der Waals surface area contributed by atoms with Crippen molar-refractivity contribution in [3.05, 3.63) is 0 Å². The molecule has 0 heterocycles. The number of hydrogen-bond acceptors (Lipinski definition) is 2. The zero-order valence-electron chi connectivity index (χ0n) is 11.2. The highest BCUT2D eigenvalue weighted by Crippen LogP contribution is 2.37. The van der Waals surface area contributed by atoms with E-state index in [2.05, 4.69) is 5.32 Å². The lowest BCUT2D eigenvalue weighted by molar-refractivity contribution is -0.138. The Labute approximate surface area is 107 Å². The van der Waals surface area contributed by atoms with Gasteiger partial charge in [0, 0.05) is 19.1 Å². The molecule has 1 fully saturated rings. The van der Waals surface area contributed by atoms with Gasteiger partial charge < -0.3 is 10.1 Å². The molecule has 0 amide bonds. The largest absolute Gasteiger partial charge is 0.389 e. The van der Waals surface area contributed by atoms with Crippen LogP contribution in [0.25, 0.3) is 0 Å². The van der Waals surface area contributed by atoms with Crippen LogP contribution in [0.4, 0.5) is 13.2 Å². The molecule has 0 aromatic carbocycles. The number of nitrogens with one attached hydrogen (secondary N) is 1. The van der Waals surface area contributed by atoms with E-state index in [4.69, 9.17) is 4.74 Å². The molecule has 1 N–H and O–H groups in total. The van der Waals surface area contributed by atoms with E-state index in [-0.39, 0.29) is 18.6 Å². The smallest absolute Gasteiger partial charge is 0.377 e. The van der Waals surface area contributed by atoms with Crippen molar-refractivity contribution in [2.75, 3.05) is 13.2 Å². The predicted molar refractivity (Wildman–Crippen MR) is 65.5 cm³/mol. The number of rotatable bonds is 9. The van der Waals surface area contributed by atoms with Gasteiger partial charge in [0.05, 0.1) is 6.10 Å². The second-order valence-corrected chi connectivity index (χ2v) is 4.97. The first kappa shape index (κ1) is 15.8. The Bertz CT molecular complexity index is 229. The lowest BCUT2D eigenvalue weighted by Gasteiger charge is -2.28. The molecule has 18 heavy (non-hydrogen) atoms. The van der Waals surface area contributed by atoms with Gasteiger partial charge in [0.2, 0.25) is 0 Å². The zero-order chi connectivity index (χ0) is 13.6. The van der Waals surface area contributed by atoms with Gasteiger partial charge >= 0.3 is 6.18 Å². The van der Waals surface area contributed by atoms with Crippen molar-refractivity contribution in [2.24, 2.45) is 5.92 Å². The minimum absolute atomic E-state index is 0.0519. The molecule has 2 atom stereocenters. The van der Waals surface area contributed by atoms with Gasteiger partial charge in [0.15, 0.2) is 0 Å². The van der Waals surface area contributed by atoms with Gasteiger partial charge in [-0.2, -0.15) is 13.2 Å². The summed E-state index contributed by atoms with van der Waals surface area (Å²) in [6.07, 6.45) is -1.65. The van der Waals surface area contributed by atoms with Gasteiger partial charge in [0.25, 0.3) is 0 Å². The van der Waals surface area contributed by atoms with Gasteiger partial charge in [0.1, 0.15) is 0 Å². The Morgan fingerprint density at radius 3 is 2.39 bits per heavy atom. The van der Waals surface area contributed by atoms with Crippen LogP contribution in [-0.4, -0.2) is 31.5 Å². The molecule has 1 rings (SSSR count). The average Bonchev–Trinajstić information content (AvgIpc) is 3.09. The highest BCUT2D eigenvalue weighted by molar-refractivity contribution is 4.90. The SMILES string of the molecule is CCCNC(CCC(F)(F)F)C(OCC)C1CC1. The fourth-order valence-electron chi connectivity index (χ4n) is 2.23. The molecule has 1 aliphatic carbocycles. The van der Waals surface area contributed by atoms with E-state index in [9.17, 15) is 13.2 Å². The number of hydrogen-bond donors (Lipinski definition) is 1. The molecular weight excluding hydrogens is 243 g/mol. The molecule has 0 bridgehead atoms. The monoisotopic (exact) mass is 267 g/mol. The van der Waals surface area contributed by atoms with Crippen LogP contribution >= 0.6 is 0 Å². The van der Waals surface area contributed by atoms with Crippen LogP contribution in [0.15, 0.2) is 0 Å². The second-order valence-electron chi connectivity index (χ2n) is 4.97. The Morgan fingerprint density at radius 2 is 1.94 bits per heavy atom. The third-order valence-electron chi connectivity index (χ3n) is 3.24. The van der Waals surface area contributed by atoms with E-state index in [1.54, 1.807) is 0 Å². The van der Waals surface area contributed by atoms with Gasteiger partial charge in [-0.25, -0.2) is 0 Å². The van der Waals surface area contributed by atoms with Gasteiger partial charge in [-0.15, -0.1) is 0 Å². The third kappa shape index (κ3) is 6.05. The summed E-state index contributed by atoms with van der Waals surface area (Å²) in [7, 11) is 0. The molecule has 0 saturated heterocycles. The minimum Gasteiger partial charge on any atom is -0.377 e. The first-order chi connectivity index (χ1) is 8.48. The summed E-state index contributed by atoms with van der Waals surface area (Å²) in [6, 6.07) is -0.168. The number of halogens is 3. The van der Waals surface area contributed by atoms with Crippen molar-refractivity contribution < 1.29 is 17.9 Å². The van der Waals surface area contributed by atoms with Crippen LogP contribution in [0.5, 0.6) is 0 Å². The first-order valence-electron chi connectivity index (χ1n) is 6.89. The molecule has 0 spiro atoms. The standard InChI is InChI=1S/C13H24F3NO/c1-3-9-17-11(7-8-13(14,15)16)12(18-4-2)10-5-6-10/h10-12,17H,3-9H2,1-2H3. The normalized spacial score (nSPS) is 19.8. The predicted octanol–water partition coefficient (Wildman–Crippen LogP) is 3.51. The Hall–Kier alpha value is -0.290. The lowest BCUT2D eigenvalue weighted by atomic mass is 10.0. The van der Waals surface area contributed by atoms with Crippen molar-refractivity contribution in [1.82, 2.24) is 5.32 Å². The highest BCUT2D eigenvalue weighted by Gasteiger charge is 2.38. The maximum absolute atomic E-state index is 12.3. The summed E-state index contributed by atoms with van der Waals surface area (Å²) < 4.78 is 42.7. The van der Waals surface area contributed by atoms with Crippen LogP contribution in [0, 0.1) is 5.92 Å². The molecular formula is C13H24F3NO. The molecule has 0 aliphatic heterocycles. The van der Waals surface area contributed by atoms with Gasteiger partial charge in [-0.3, -0.25) is 0 Å². The zero-order valence-corrected chi connectivity index (χ0v) is 11.2. The van der Waals surface area contributed by atoms with Crippen molar-refractivity contribution in [3.63, 3.8) is 0 Å². The van der Waals surface area contributed by atoms with Crippen LogP contribution in [0.2, 0.25) is 0 Å². The van der Waals surface area contributed by atoms with Crippen LogP contribution < -0.4 is 5.32 Å². The van der Waals surface area contributed by atoms with Crippen LogP contribution in [-0.2, 0) is 4.74 Å². The summed E-state index contributed by atoms with van der Waals surface area (Å²) >= 11 is 0. The molecule has 1 saturated carbocycles. The topological polar surface area (TPSA) is 21.3 Å².